The van der Waals surface area contributed by atoms with Crippen LogP contribution in [0.25, 0.3) is 0 Å². The van der Waals surface area contributed by atoms with E-state index in [0.29, 0.717) is 19.1 Å². The molecule has 4 nitrogen and oxygen atoms in total. The summed E-state index contributed by atoms with van der Waals surface area (Å²) in [7, 11) is 0. The van der Waals surface area contributed by atoms with Crippen molar-refractivity contribution in [2.75, 3.05) is 26.2 Å². The number of carboxylic acid groups (broad SMARTS) is 1. The van der Waals surface area contributed by atoms with Crippen LogP contribution in [0.2, 0.25) is 0 Å². The van der Waals surface area contributed by atoms with Crippen molar-refractivity contribution < 1.29 is 19.0 Å². The predicted molar refractivity (Wildman–Crippen MR) is 108 cm³/mol. The normalized spacial score (nSPS) is 24.9. The summed E-state index contributed by atoms with van der Waals surface area (Å²) in [6.45, 7) is 3.16. The van der Waals surface area contributed by atoms with Crippen LogP contribution in [0.1, 0.15) is 54.2 Å². The number of halogens is 1. The standard InChI is InChI=1S/C24H26FNO3/c25-21-4-2-1-3-17(21)19-14-18(19)16-5-6-20-22(13-16)29-15-24(20)8-11-26(12-9-24)10-7-23(27)28/h1-6,13,18-19H,7-12,14-15H2,(H,27,28). The van der Waals surface area contributed by atoms with E-state index in [0.717, 1.165) is 43.7 Å². The van der Waals surface area contributed by atoms with Gasteiger partial charge in [0.2, 0.25) is 0 Å². The van der Waals surface area contributed by atoms with Crippen molar-refractivity contribution in [3.8, 4) is 5.75 Å². The van der Waals surface area contributed by atoms with E-state index in [1.165, 1.54) is 11.1 Å². The van der Waals surface area contributed by atoms with Gasteiger partial charge in [0.1, 0.15) is 11.6 Å². The number of nitrogens with zero attached hydrogens (tertiary/aromatic N) is 1. The van der Waals surface area contributed by atoms with Crippen LogP contribution in [0.4, 0.5) is 4.39 Å². The lowest BCUT2D eigenvalue weighted by atomic mass is 9.74. The molecule has 3 aliphatic rings. The molecular formula is C24H26FNO3. The van der Waals surface area contributed by atoms with Crippen LogP contribution >= 0.6 is 0 Å². The molecule has 2 unspecified atom stereocenters. The van der Waals surface area contributed by atoms with Crippen molar-refractivity contribution in [2.45, 2.75) is 42.9 Å². The van der Waals surface area contributed by atoms with Gasteiger partial charge in [-0.3, -0.25) is 4.79 Å². The van der Waals surface area contributed by atoms with E-state index in [1.54, 1.807) is 12.1 Å². The SMILES string of the molecule is O=C(O)CCN1CCC2(CC1)COc1cc(C3CC3c3ccccc3F)ccc12. The lowest BCUT2D eigenvalue weighted by molar-refractivity contribution is -0.137. The maximum Gasteiger partial charge on any atom is 0.304 e. The van der Waals surface area contributed by atoms with Crippen LogP contribution in [0.5, 0.6) is 5.75 Å². The van der Waals surface area contributed by atoms with Gasteiger partial charge in [0.25, 0.3) is 0 Å². The average molecular weight is 395 g/mol. The second-order valence-corrected chi connectivity index (χ2v) is 8.78. The minimum atomic E-state index is -0.735. The van der Waals surface area contributed by atoms with Gasteiger partial charge >= 0.3 is 5.97 Å². The highest BCUT2D eigenvalue weighted by atomic mass is 19.1. The molecule has 0 bridgehead atoms. The summed E-state index contributed by atoms with van der Waals surface area (Å²) < 4.78 is 20.2. The number of hydrogen-bond acceptors (Lipinski definition) is 3. The van der Waals surface area contributed by atoms with Crippen molar-refractivity contribution in [1.82, 2.24) is 4.90 Å². The Balaban J connectivity index is 1.28. The molecule has 1 aliphatic carbocycles. The van der Waals surface area contributed by atoms with E-state index in [9.17, 15) is 9.18 Å². The van der Waals surface area contributed by atoms with E-state index in [2.05, 4.69) is 23.1 Å². The summed E-state index contributed by atoms with van der Waals surface area (Å²) in [4.78, 5) is 13.1. The summed E-state index contributed by atoms with van der Waals surface area (Å²) in [6.07, 6.45) is 3.19. The van der Waals surface area contributed by atoms with E-state index in [1.807, 2.05) is 12.1 Å². The van der Waals surface area contributed by atoms with Gasteiger partial charge in [-0.25, -0.2) is 4.39 Å². The summed E-state index contributed by atoms with van der Waals surface area (Å²) >= 11 is 0. The Hall–Kier alpha value is -2.40. The number of carbonyl (C=O) groups is 1. The van der Waals surface area contributed by atoms with Crippen LogP contribution in [-0.4, -0.2) is 42.2 Å². The molecule has 2 aliphatic heterocycles. The minimum absolute atomic E-state index is 0.0576. The molecule has 1 saturated heterocycles. The first-order valence-corrected chi connectivity index (χ1v) is 10.5. The molecule has 2 heterocycles. The number of fused-ring (bicyclic) bond motifs is 2. The quantitative estimate of drug-likeness (QED) is 0.820. The van der Waals surface area contributed by atoms with E-state index < -0.39 is 5.97 Å². The third-order valence-corrected chi connectivity index (χ3v) is 7.06. The first-order valence-electron chi connectivity index (χ1n) is 10.5. The van der Waals surface area contributed by atoms with Crippen LogP contribution < -0.4 is 4.74 Å². The number of benzene rings is 2. The molecule has 1 N–H and O–H groups in total. The molecule has 0 radical (unpaired) electrons. The van der Waals surface area contributed by atoms with Gasteiger partial charge in [-0.05, 0) is 67.4 Å². The Bertz CT molecular complexity index is 935. The fourth-order valence-electron chi connectivity index (χ4n) is 5.18. The second kappa shape index (κ2) is 7.13. The summed E-state index contributed by atoms with van der Waals surface area (Å²) in [5.74, 6) is 0.783. The van der Waals surface area contributed by atoms with Gasteiger partial charge in [-0.2, -0.15) is 0 Å². The molecule has 5 rings (SSSR count). The number of rotatable bonds is 5. The van der Waals surface area contributed by atoms with Gasteiger partial charge in [0, 0.05) is 17.5 Å². The predicted octanol–water partition coefficient (Wildman–Crippen LogP) is 4.30. The van der Waals surface area contributed by atoms with E-state index >= 15 is 0 Å². The zero-order valence-corrected chi connectivity index (χ0v) is 16.4. The molecule has 0 aromatic heterocycles. The number of carboxylic acids is 1. The third kappa shape index (κ3) is 3.42. The number of ether oxygens (including phenoxy) is 1. The largest absolute Gasteiger partial charge is 0.492 e. The average Bonchev–Trinajstić information content (AvgIpc) is 3.45. The maximum atomic E-state index is 14.1. The lowest BCUT2D eigenvalue weighted by Gasteiger charge is -2.38. The van der Waals surface area contributed by atoms with Crippen LogP contribution in [0.3, 0.4) is 0 Å². The number of piperidine rings is 1. The Labute approximate surface area is 170 Å². The Kier molecular flexibility index (Phi) is 4.58. The molecule has 2 aromatic carbocycles. The summed E-state index contributed by atoms with van der Waals surface area (Å²) in [5.41, 5.74) is 3.42. The van der Waals surface area contributed by atoms with Crippen molar-refractivity contribution in [3.05, 3.63) is 65.0 Å². The molecular weight excluding hydrogens is 369 g/mol. The molecule has 5 heteroatoms. The van der Waals surface area contributed by atoms with Gasteiger partial charge in [-0.1, -0.05) is 30.3 Å². The van der Waals surface area contributed by atoms with E-state index in [-0.39, 0.29) is 23.6 Å². The first kappa shape index (κ1) is 18.6. The molecule has 0 amide bonds. The lowest BCUT2D eigenvalue weighted by Crippen LogP contribution is -2.44. The summed E-state index contributed by atoms with van der Waals surface area (Å²) in [6, 6.07) is 13.7. The highest BCUT2D eigenvalue weighted by Gasteiger charge is 2.45. The fraction of sp³-hybridized carbons (Fsp3) is 0.458. The molecule has 152 valence electrons. The van der Waals surface area contributed by atoms with Gasteiger partial charge in [-0.15, -0.1) is 0 Å². The molecule has 2 fully saturated rings. The molecule has 29 heavy (non-hydrogen) atoms. The molecule has 1 spiro atoms. The second-order valence-electron chi connectivity index (χ2n) is 8.78. The fourth-order valence-corrected chi connectivity index (χ4v) is 5.18. The van der Waals surface area contributed by atoms with Gasteiger partial charge in [0.15, 0.2) is 0 Å². The number of aliphatic carboxylic acids is 1. The van der Waals surface area contributed by atoms with Crippen molar-refractivity contribution in [2.24, 2.45) is 0 Å². The first-order chi connectivity index (χ1) is 14.1. The Morgan fingerprint density at radius 3 is 2.72 bits per heavy atom. The minimum Gasteiger partial charge on any atom is -0.492 e. The highest BCUT2D eigenvalue weighted by Crippen LogP contribution is 2.56. The zero-order valence-electron chi connectivity index (χ0n) is 16.4. The zero-order chi connectivity index (χ0) is 20.0. The smallest absolute Gasteiger partial charge is 0.304 e. The molecule has 1 saturated carbocycles. The van der Waals surface area contributed by atoms with Crippen LogP contribution in [0, 0.1) is 5.82 Å². The van der Waals surface area contributed by atoms with Crippen molar-refractivity contribution >= 4 is 5.97 Å². The molecule has 2 aromatic rings. The van der Waals surface area contributed by atoms with Crippen LogP contribution in [0.15, 0.2) is 42.5 Å². The van der Waals surface area contributed by atoms with E-state index in [4.69, 9.17) is 9.84 Å². The highest BCUT2D eigenvalue weighted by molar-refractivity contribution is 5.66. The van der Waals surface area contributed by atoms with Gasteiger partial charge in [0.05, 0.1) is 13.0 Å². The Morgan fingerprint density at radius 2 is 1.97 bits per heavy atom. The number of likely N-dealkylation sites (tertiary alicyclic amines) is 1. The molecule has 2 atom stereocenters. The monoisotopic (exact) mass is 395 g/mol. The summed E-state index contributed by atoms with van der Waals surface area (Å²) in [5, 5.41) is 8.89. The van der Waals surface area contributed by atoms with Crippen LogP contribution in [-0.2, 0) is 10.2 Å². The number of hydrogen-bond donors (Lipinski definition) is 1. The van der Waals surface area contributed by atoms with Crippen molar-refractivity contribution in [1.29, 1.82) is 0 Å². The Morgan fingerprint density at radius 1 is 1.17 bits per heavy atom. The topological polar surface area (TPSA) is 49.8 Å². The third-order valence-electron chi connectivity index (χ3n) is 7.06. The van der Waals surface area contributed by atoms with Crippen molar-refractivity contribution in [3.63, 3.8) is 0 Å². The van der Waals surface area contributed by atoms with Gasteiger partial charge < -0.3 is 14.7 Å². The maximum absolute atomic E-state index is 14.1.